The van der Waals surface area contributed by atoms with E-state index >= 15 is 0 Å². The second-order valence-corrected chi connectivity index (χ2v) is 6.73. The third kappa shape index (κ3) is 4.89. The quantitative estimate of drug-likeness (QED) is 0.418. The summed E-state index contributed by atoms with van der Waals surface area (Å²) in [5.74, 6) is -2.21. The summed E-state index contributed by atoms with van der Waals surface area (Å²) in [5, 5.41) is 0. The van der Waals surface area contributed by atoms with E-state index in [1.54, 1.807) is 43.3 Å². The average molecular weight is 396 g/mol. The standard InChI is InChI=1S/C25H23F3O/c1-3-5-20-13-10-18(16-22(20)26)7-6-17-8-11-19(12-9-17)21-14-15-23(29-4-2)25(28)24(21)27/h3,5,8-16H,4,6-7H2,1-2H3/b5-3+. The van der Waals surface area contributed by atoms with Crippen LogP contribution in [0.4, 0.5) is 13.2 Å². The molecule has 0 radical (unpaired) electrons. The Balaban J connectivity index is 1.71. The lowest BCUT2D eigenvalue weighted by molar-refractivity contribution is 0.314. The fourth-order valence-corrected chi connectivity index (χ4v) is 3.20. The maximum absolute atomic E-state index is 14.4. The fourth-order valence-electron chi connectivity index (χ4n) is 3.20. The third-order valence-corrected chi connectivity index (χ3v) is 4.73. The van der Waals surface area contributed by atoms with Crippen molar-refractivity contribution in [1.82, 2.24) is 0 Å². The minimum absolute atomic E-state index is 0.0851. The van der Waals surface area contributed by atoms with Gasteiger partial charge in [0.2, 0.25) is 5.82 Å². The number of ether oxygens (including phenoxy) is 1. The van der Waals surface area contributed by atoms with Crippen LogP contribution in [0.5, 0.6) is 5.75 Å². The van der Waals surface area contributed by atoms with Crippen LogP contribution < -0.4 is 4.74 Å². The van der Waals surface area contributed by atoms with Crippen molar-refractivity contribution in [3.63, 3.8) is 0 Å². The van der Waals surface area contributed by atoms with Crippen LogP contribution in [0.2, 0.25) is 0 Å². The summed E-state index contributed by atoms with van der Waals surface area (Å²) in [4.78, 5) is 0. The van der Waals surface area contributed by atoms with Crippen LogP contribution in [-0.4, -0.2) is 6.61 Å². The lowest BCUT2D eigenvalue weighted by atomic mass is 9.99. The number of hydrogen-bond donors (Lipinski definition) is 0. The molecule has 0 spiro atoms. The molecular formula is C25H23F3O. The molecule has 1 nitrogen and oxygen atoms in total. The van der Waals surface area contributed by atoms with Gasteiger partial charge in [0.1, 0.15) is 5.82 Å². The zero-order valence-corrected chi connectivity index (χ0v) is 16.5. The molecule has 3 aromatic rings. The highest BCUT2D eigenvalue weighted by Crippen LogP contribution is 2.30. The van der Waals surface area contributed by atoms with E-state index in [9.17, 15) is 13.2 Å². The Morgan fingerprint density at radius 2 is 1.52 bits per heavy atom. The van der Waals surface area contributed by atoms with E-state index < -0.39 is 11.6 Å². The smallest absolute Gasteiger partial charge is 0.201 e. The zero-order valence-electron chi connectivity index (χ0n) is 16.5. The third-order valence-electron chi connectivity index (χ3n) is 4.73. The first-order valence-corrected chi connectivity index (χ1v) is 9.64. The maximum Gasteiger partial charge on any atom is 0.201 e. The first kappa shape index (κ1) is 20.7. The van der Waals surface area contributed by atoms with Gasteiger partial charge in [0.05, 0.1) is 6.61 Å². The number of hydrogen-bond acceptors (Lipinski definition) is 1. The van der Waals surface area contributed by atoms with Crippen LogP contribution in [0, 0.1) is 17.5 Å². The molecule has 150 valence electrons. The summed E-state index contributed by atoms with van der Waals surface area (Å²) < 4.78 is 47.6. The van der Waals surface area contributed by atoms with Gasteiger partial charge >= 0.3 is 0 Å². The Morgan fingerprint density at radius 1 is 0.828 bits per heavy atom. The molecule has 0 amide bonds. The normalized spacial score (nSPS) is 11.2. The number of benzene rings is 3. The summed E-state index contributed by atoms with van der Waals surface area (Å²) in [5.41, 5.74) is 3.32. The minimum Gasteiger partial charge on any atom is -0.491 e. The molecule has 29 heavy (non-hydrogen) atoms. The van der Waals surface area contributed by atoms with Crippen LogP contribution in [0.25, 0.3) is 17.2 Å². The molecule has 0 saturated carbocycles. The van der Waals surface area contributed by atoms with Gasteiger partial charge in [-0.05, 0) is 61.6 Å². The van der Waals surface area contributed by atoms with E-state index in [0.29, 0.717) is 17.5 Å². The lowest BCUT2D eigenvalue weighted by Crippen LogP contribution is -1.98. The summed E-state index contributed by atoms with van der Waals surface area (Å²) in [6.45, 7) is 3.84. The molecule has 0 aliphatic carbocycles. The van der Waals surface area contributed by atoms with Crippen molar-refractivity contribution in [3.05, 3.63) is 94.8 Å². The summed E-state index contributed by atoms with van der Waals surface area (Å²) in [6.07, 6.45) is 4.96. The van der Waals surface area contributed by atoms with Crippen molar-refractivity contribution < 1.29 is 17.9 Å². The lowest BCUT2D eigenvalue weighted by Gasteiger charge is -2.10. The van der Waals surface area contributed by atoms with Gasteiger partial charge in [-0.1, -0.05) is 48.6 Å². The Kier molecular flexibility index (Phi) is 6.76. The van der Waals surface area contributed by atoms with Crippen LogP contribution in [0.1, 0.15) is 30.5 Å². The molecule has 3 rings (SSSR count). The van der Waals surface area contributed by atoms with E-state index in [2.05, 4.69) is 0 Å². The van der Waals surface area contributed by atoms with E-state index in [4.69, 9.17) is 4.74 Å². The molecule has 4 heteroatoms. The zero-order chi connectivity index (χ0) is 20.8. The summed E-state index contributed by atoms with van der Waals surface area (Å²) in [7, 11) is 0. The first-order chi connectivity index (χ1) is 14.0. The highest BCUT2D eigenvalue weighted by Gasteiger charge is 2.15. The summed E-state index contributed by atoms with van der Waals surface area (Å²) >= 11 is 0. The molecule has 0 unspecified atom stereocenters. The highest BCUT2D eigenvalue weighted by molar-refractivity contribution is 5.65. The second-order valence-electron chi connectivity index (χ2n) is 6.73. The van der Waals surface area contributed by atoms with Gasteiger partial charge in [-0.3, -0.25) is 0 Å². The molecule has 0 saturated heterocycles. The molecule has 0 bridgehead atoms. The Labute approximate surface area is 169 Å². The van der Waals surface area contributed by atoms with Crippen molar-refractivity contribution in [2.24, 2.45) is 0 Å². The number of aryl methyl sites for hydroxylation is 2. The Morgan fingerprint density at radius 3 is 2.17 bits per heavy atom. The SMILES string of the molecule is C/C=C/c1ccc(CCc2ccc(-c3ccc(OCC)c(F)c3F)cc2)cc1F. The van der Waals surface area contributed by atoms with Gasteiger partial charge in [0.15, 0.2) is 11.6 Å². The number of rotatable bonds is 7. The van der Waals surface area contributed by atoms with E-state index in [1.807, 2.05) is 25.1 Å². The van der Waals surface area contributed by atoms with Gasteiger partial charge in [-0.25, -0.2) is 8.78 Å². The van der Waals surface area contributed by atoms with Crippen molar-refractivity contribution in [2.45, 2.75) is 26.7 Å². The van der Waals surface area contributed by atoms with Crippen LogP contribution >= 0.6 is 0 Å². The van der Waals surface area contributed by atoms with Crippen LogP contribution in [-0.2, 0) is 12.8 Å². The number of allylic oxidation sites excluding steroid dienone is 1. The van der Waals surface area contributed by atoms with Gasteiger partial charge in [0.25, 0.3) is 0 Å². The predicted molar refractivity (Wildman–Crippen MR) is 111 cm³/mol. The molecule has 0 atom stereocenters. The molecule has 0 fully saturated rings. The molecule has 0 heterocycles. The Bertz CT molecular complexity index is 1010. The summed E-state index contributed by atoms with van der Waals surface area (Å²) in [6, 6.07) is 15.5. The van der Waals surface area contributed by atoms with E-state index in [0.717, 1.165) is 17.5 Å². The molecule has 3 aromatic carbocycles. The Hall–Kier alpha value is -3.01. The van der Waals surface area contributed by atoms with Gasteiger partial charge < -0.3 is 4.74 Å². The maximum atomic E-state index is 14.4. The molecular weight excluding hydrogens is 373 g/mol. The monoisotopic (exact) mass is 396 g/mol. The van der Waals surface area contributed by atoms with Gasteiger partial charge in [-0.15, -0.1) is 0 Å². The minimum atomic E-state index is -0.975. The topological polar surface area (TPSA) is 9.23 Å². The second kappa shape index (κ2) is 9.46. The highest BCUT2D eigenvalue weighted by atomic mass is 19.2. The van der Waals surface area contributed by atoms with Crippen molar-refractivity contribution in [3.8, 4) is 16.9 Å². The average Bonchev–Trinajstić information content (AvgIpc) is 2.73. The predicted octanol–water partition coefficient (Wildman–Crippen LogP) is 6.99. The fraction of sp³-hybridized carbons (Fsp3) is 0.200. The molecule has 0 N–H and O–H groups in total. The van der Waals surface area contributed by atoms with E-state index in [1.165, 1.54) is 12.1 Å². The van der Waals surface area contributed by atoms with Crippen LogP contribution in [0.3, 0.4) is 0 Å². The van der Waals surface area contributed by atoms with Crippen molar-refractivity contribution in [1.29, 1.82) is 0 Å². The van der Waals surface area contributed by atoms with Crippen molar-refractivity contribution in [2.75, 3.05) is 6.61 Å². The molecule has 0 aromatic heterocycles. The molecule has 0 aliphatic rings. The number of halogens is 3. The van der Waals surface area contributed by atoms with Gasteiger partial charge in [0, 0.05) is 11.1 Å². The largest absolute Gasteiger partial charge is 0.491 e. The first-order valence-electron chi connectivity index (χ1n) is 9.64. The van der Waals surface area contributed by atoms with E-state index in [-0.39, 0.29) is 23.7 Å². The van der Waals surface area contributed by atoms with Gasteiger partial charge in [-0.2, -0.15) is 4.39 Å². The van der Waals surface area contributed by atoms with Crippen LogP contribution in [0.15, 0.2) is 60.7 Å². The van der Waals surface area contributed by atoms with Crippen molar-refractivity contribution >= 4 is 6.08 Å². The molecule has 0 aliphatic heterocycles.